The van der Waals surface area contributed by atoms with Crippen LogP contribution in [0.2, 0.25) is 0 Å². The van der Waals surface area contributed by atoms with Gasteiger partial charge in [-0.1, -0.05) is 6.07 Å². The molecule has 0 amide bonds. The molecule has 1 N–H and O–H groups in total. The molecule has 0 unspecified atom stereocenters. The van der Waals surface area contributed by atoms with Crippen molar-refractivity contribution in [3.8, 4) is 22.8 Å². The third-order valence-electron chi connectivity index (χ3n) is 5.15. The lowest BCUT2D eigenvalue weighted by molar-refractivity contribution is 0.398. The van der Waals surface area contributed by atoms with Gasteiger partial charge in [0, 0.05) is 30.4 Å². The molecule has 9 heteroatoms. The molecule has 0 spiro atoms. The molecule has 0 aliphatic carbocycles. The van der Waals surface area contributed by atoms with Gasteiger partial charge in [0.15, 0.2) is 5.82 Å². The van der Waals surface area contributed by atoms with E-state index in [1.807, 2.05) is 24.3 Å². The van der Waals surface area contributed by atoms with Crippen molar-refractivity contribution >= 4 is 21.5 Å². The molecule has 31 heavy (non-hydrogen) atoms. The van der Waals surface area contributed by atoms with E-state index in [9.17, 15) is 8.42 Å². The first-order valence-corrected chi connectivity index (χ1v) is 11.4. The fourth-order valence-electron chi connectivity index (χ4n) is 3.51. The fraction of sp³-hybridized carbons (Fsp3) is 0.273. The molecule has 2 aromatic carbocycles. The Balaban J connectivity index is 1.61. The minimum Gasteiger partial charge on any atom is -0.497 e. The number of anilines is 2. The number of ether oxygens (including phenoxy) is 2. The maximum absolute atomic E-state index is 13.1. The molecule has 162 valence electrons. The Labute approximate surface area is 181 Å². The fourth-order valence-corrected chi connectivity index (χ4v) is 5.21. The van der Waals surface area contributed by atoms with E-state index in [2.05, 4.69) is 15.5 Å². The number of hydrogen-bond acceptors (Lipinski definition) is 7. The molecule has 4 rings (SSSR count). The van der Waals surface area contributed by atoms with Crippen LogP contribution in [0.5, 0.6) is 11.5 Å². The summed E-state index contributed by atoms with van der Waals surface area (Å²) in [5.41, 5.74) is 2.04. The van der Waals surface area contributed by atoms with Crippen LogP contribution in [0.4, 0.5) is 11.5 Å². The van der Waals surface area contributed by atoms with Gasteiger partial charge >= 0.3 is 0 Å². The normalized spacial score (nSPS) is 14.4. The second-order valence-electron chi connectivity index (χ2n) is 7.14. The Hall–Kier alpha value is -3.17. The van der Waals surface area contributed by atoms with Crippen molar-refractivity contribution in [3.05, 3.63) is 54.6 Å². The summed E-state index contributed by atoms with van der Waals surface area (Å²) < 4.78 is 38.2. The van der Waals surface area contributed by atoms with Crippen LogP contribution in [-0.2, 0) is 10.0 Å². The van der Waals surface area contributed by atoms with Gasteiger partial charge in [-0.15, -0.1) is 10.2 Å². The second-order valence-corrected chi connectivity index (χ2v) is 9.04. The van der Waals surface area contributed by atoms with Gasteiger partial charge in [-0.05, 0) is 55.3 Å². The Kier molecular flexibility index (Phi) is 6.06. The molecule has 1 fully saturated rings. The lowest BCUT2D eigenvalue weighted by atomic mass is 10.1. The van der Waals surface area contributed by atoms with Crippen LogP contribution < -0.4 is 14.8 Å². The number of nitrogens with zero attached hydrogens (tertiary/aromatic N) is 3. The van der Waals surface area contributed by atoms with Crippen molar-refractivity contribution in [2.24, 2.45) is 0 Å². The zero-order chi connectivity index (χ0) is 21.8. The maximum Gasteiger partial charge on any atom is 0.246 e. The highest BCUT2D eigenvalue weighted by atomic mass is 32.2. The van der Waals surface area contributed by atoms with Crippen molar-refractivity contribution in [1.29, 1.82) is 0 Å². The van der Waals surface area contributed by atoms with Crippen LogP contribution in [-0.4, -0.2) is 50.2 Å². The van der Waals surface area contributed by atoms with Gasteiger partial charge in [0.25, 0.3) is 0 Å². The summed E-state index contributed by atoms with van der Waals surface area (Å²) in [6.45, 7) is 1.06. The number of methoxy groups -OCH3 is 2. The molecular formula is C22H24N4O4S. The van der Waals surface area contributed by atoms with Crippen LogP contribution >= 0.6 is 0 Å². The number of sulfonamides is 1. The molecule has 1 saturated heterocycles. The van der Waals surface area contributed by atoms with Gasteiger partial charge < -0.3 is 14.8 Å². The molecule has 3 aromatic rings. The van der Waals surface area contributed by atoms with E-state index in [-0.39, 0.29) is 4.90 Å². The summed E-state index contributed by atoms with van der Waals surface area (Å²) in [5.74, 6) is 1.62. The zero-order valence-corrected chi connectivity index (χ0v) is 18.2. The van der Waals surface area contributed by atoms with Crippen molar-refractivity contribution in [2.45, 2.75) is 17.7 Å². The van der Waals surface area contributed by atoms with Gasteiger partial charge in [-0.25, -0.2) is 8.42 Å². The smallest absolute Gasteiger partial charge is 0.246 e. The van der Waals surface area contributed by atoms with Gasteiger partial charge in [0.2, 0.25) is 10.0 Å². The van der Waals surface area contributed by atoms with Crippen molar-refractivity contribution in [3.63, 3.8) is 0 Å². The third-order valence-corrected chi connectivity index (χ3v) is 7.07. The SMILES string of the molecule is COc1cccc(Nc2ccc(-c3ccc(OC)c(S(=O)(=O)N4CCCC4)c3)nn2)c1. The third kappa shape index (κ3) is 4.47. The molecule has 0 radical (unpaired) electrons. The monoisotopic (exact) mass is 440 g/mol. The summed E-state index contributed by atoms with van der Waals surface area (Å²) in [4.78, 5) is 0.148. The number of aromatic nitrogens is 2. The van der Waals surface area contributed by atoms with Gasteiger partial charge in [0.1, 0.15) is 16.4 Å². The van der Waals surface area contributed by atoms with E-state index in [1.165, 1.54) is 11.4 Å². The van der Waals surface area contributed by atoms with Gasteiger partial charge in [-0.2, -0.15) is 4.31 Å². The minimum atomic E-state index is -3.63. The summed E-state index contributed by atoms with van der Waals surface area (Å²) in [5, 5.41) is 11.7. The molecular weight excluding hydrogens is 416 g/mol. The van der Waals surface area contributed by atoms with E-state index in [1.54, 1.807) is 37.4 Å². The van der Waals surface area contributed by atoms with Crippen LogP contribution in [0, 0.1) is 0 Å². The predicted molar refractivity (Wildman–Crippen MR) is 118 cm³/mol. The van der Waals surface area contributed by atoms with E-state index >= 15 is 0 Å². The van der Waals surface area contributed by atoms with Crippen LogP contribution in [0.15, 0.2) is 59.5 Å². The summed E-state index contributed by atoms with van der Waals surface area (Å²) in [6, 6.07) is 16.1. The summed E-state index contributed by atoms with van der Waals surface area (Å²) in [7, 11) is -0.551. The molecule has 2 heterocycles. The first kappa shape index (κ1) is 21.1. The van der Waals surface area contributed by atoms with Gasteiger partial charge in [0.05, 0.1) is 19.9 Å². The largest absolute Gasteiger partial charge is 0.497 e. The second kappa shape index (κ2) is 8.91. The molecule has 1 aliphatic rings. The van der Waals surface area contributed by atoms with Crippen LogP contribution in [0.3, 0.4) is 0 Å². The highest BCUT2D eigenvalue weighted by molar-refractivity contribution is 7.89. The molecule has 0 saturated carbocycles. The van der Waals surface area contributed by atoms with Crippen LogP contribution in [0.25, 0.3) is 11.3 Å². The quantitative estimate of drug-likeness (QED) is 0.599. The summed E-state index contributed by atoms with van der Waals surface area (Å²) >= 11 is 0. The highest BCUT2D eigenvalue weighted by Gasteiger charge is 2.30. The Morgan fingerprint density at radius 2 is 1.74 bits per heavy atom. The lowest BCUT2D eigenvalue weighted by Crippen LogP contribution is -2.28. The lowest BCUT2D eigenvalue weighted by Gasteiger charge is -2.18. The molecule has 8 nitrogen and oxygen atoms in total. The first-order chi connectivity index (χ1) is 15.0. The van der Waals surface area contributed by atoms with Gasteiger partial charge in [-0.3, -0.25) is 0 Å². The number of hydrogen-bond donors (Lipinski definition) is 1. The highest BCUT2D eigenvalue weighted by Crippen LogP contribution is 2.32. The summed E-state index contributed by atoms with van der Waals surface area (Å²) in [6.07, 6.45) is 1.74. The topological polar surface area (TPSA) is 93.6 Å². The zero-order valence-electron chi connectivity index (χ0n) is 17.4. The Morgan fingerprint density at radius 3 is 2.42 bits per heavy atom. The number of benzene rings is 2. The average Bonchev–Trinajstić information content (AvgIpc) is 3.35. The predicted octanol–water partition coefficient (Wildman–Crippen LogP) is 3.69. The molecule has 1 aliphatic heterocycles. The van der Waals surface area contributed by atoms with E-state index in [0.29, 0.717) is 35.9 Å². The number of nitrogens with one attached hydrogen (secondary N) is 1. The van der Waals surface area contributed by atoms with E-state index in [4.69, 9.17) is 9.47 Å². The Bertz CT molecular complexity index is 1160. The maximum atomic E-state index is 13.1. The average molecular weight is 441 g/mol. The molecule has 1 aromatic heterocycles. The Morgan fingerprint density at radius 1 is 0.935 bits per heavy atom. The number of rotatable bonds is 7. The molecule has 0 atom stereocenters. The van der Waals surface area contributed by atoms with E-state index in [0.717, 1.165) is 24.3 Å². The van der Waals surface area contributed by atoms with E-state index < -0.39 is 10.0 Å². The van der Waals surface area contributed by atoms with Crippen molar-refractivity contribution in [1.82, 2.24) is 14.5 Å². The molecule has 0 bridgehead atoms. The first-order valence-electron chi connectivity index (χ1n) is 9.94. The van der Waals surface area contributed by atoms with Crippen LogP contribution in [0.1, 0.15) is 12.8 Å². The van der Waals surface area contributed by atoms with Crippen molar-refractivity contribution in [2.75, 3.05) is 32.6 Å². The minimum absolute atomic E-state index is 0.148. The van der Waals surface area contributed by atoms with Crippen molar-refractivity contribution < 1.29 is 17.9 Å². The standard InChI is InChI=1S/C22H24N4O4S/c1-29-18-7-5-6-17(15-18)23-22-11-9-19(24-25-22)16-8-10-20(30-2)21(14-16)31(27,28)26-12-3-4-13-26/h5-11,14-15H,3-4,12-13H2,1-2H3,(H,23,25).